The van der Waals surface area contributed by atoms with Crippen molar-refractivity contribution in [3.05, 3.63) is 34.0 Å². The number of aromatic nitrogens is 3. The summed E-state index contributed by atoms with van der Waals surface area (Å²) in [5.74, 6) is 3.30. The smallest absolute Gasteiger partial charge is 0.191 e. The van der Waals surface area contributed by atoms with Crippen LogP contribution >= 0.6 is 35.3 Å². The maximum atomic E-state index is 6.07. The molecule has 0 bridgehead atoms. The van der Waals surface area contributed by atoms with Crippen LogP contribution in [0.3, 0.4) is 0 Å². The van der Waals surface area contributed by atoms with E-state index in [1.807, 2.05) is 18.5 Å². The number of guanidine groups is 1. The summed E-state index contributed by atoms with van der Waals surface area (Å²) in [6.45, 7) is 7.04. The van der Waals surface area contributed by atoms with Gasteiger partial charge in [0.25, 0.3) is 0 Å². The van der Waals surface area contributed by atoms with Crippen LogP contribution in [0.4, 0.5) is 0 Å². The van der Waals surface area contributed by atoms with Gasteiger partial charge in [-0.25, -0.2) is 4.99 Å². The lowest BCUT2D eigenvalue weighted by Gasteiger charge is -2.24. The number of ether oxygens (including phenoxy) is 1. The molecule has 7 nitrogen and oxygen atoms in total. The van der Waals surface area contributed by atoms with Crippen LogP contribution in [0.5, 0.6) is 0 Å². The lowest BCUT2D eigenvalue weighted by molar-refractivity contribution is 0.0169. The first-order chi connectivity index (χ1) is 14.7. The van der Waals surface area contributed by atoms with Crippen LogP contribution in [-0.4, -0.2) is 46.5 Å². The first-order valence-corrected chi connectivity index (χ1v) is 12.1. The van der Waals surface area contributed by atoms with Crippen LogP contribution in [0.15, 0.2) is 22.5 Å². The Balaban J connectivity index is 0.00000341. The van der Waals surface area contributed by atoms with Gasteiger partial charge in [0.05, 0.1) is 6.10 Å². The zero-order chi connectivity index (χ0) is 21.2. The molecule has 2 aromatic heterocycles. The van der Waals surface area contributed by atoms with Crippen molar-refractivity contribution in [1.82, 2.24) is 25.4 Å². The molecule has 9 heteroatoms. The Hall–Kier alpha value is -1.20. The van der Waals surface area contributed by atoms with Gasteiger partial charge in [0.15, 0.2) is 11.8 Å². The van der Waals surface area contributed by atoms with Crippen molar-refractivity contribution in [2.45, 2.75) is 65.0 Å². The summed E-state index contributed by atoms with van der Waals surface area (Å²) in [5.41, 5.74) is 0. The maximum Gasteiger partial charge on any atom is 0.191 e. The molecule has 174 valence electrons. The van der Waals surface area contributed by atoms with Crippen LogP contribution in [0, 0.1) is 12.8 Å². The zero-order valence-electron chi connectivity index (χ0n) is 19.0. The van der Waals surface area contributed by atoms with Gasteiger partial charge in [-0.2, -0.15) is 0 Å². The summed E-state index contributed by atoms with van der Waals surface area (Å²) >= 11 is 1.79. The Kier molecular flexibility index (Phi) is 11.8. The lowest BCUT2D eigenvalue weighted by Crippen LogP contribution is -2.40. The van der Waals surface area contributed by atoms with Gasteiger partial charge in [-0.05, 0) is 56.9 Å². The number of aliphatic imine (C=N–C) groups is 1. The molecule has 1 saturated carbocycles. The highest BCUT2D eigenvalue weighted by atomic mass is 127. The molecule has 0 aromatic carbocycles. The third-order valence-corrected chi connectivity index (χ3v) is 6.77. The van der Waals surface area contributed by atoms with E-state index < -0.39 is 0 Å². The Bertz CT molecular complexity index is 773. The van der Waals surface area contributed by atoms with Gasteiger partial charge in [-0.1, -0.05) is 18.9 Å². The molecule has 0 aliphatic heterocycles. The van der Waals surface area contributed by atoms with E-state index in [9.17, 15) is 0 Å². The fourth-order valence-electron chi connectivity index (χ4n) is 4.00. The molecule has 1 atom stereocenters. The van der Waals surface area contributed by atoms with Crippen molar-refractivity contribution in [2.24, 2.45) is 18.0 Å². The monoisotopic (exact) mass is 560 g/mol. The number of hydrogen-bond acceptors (Lipinski definition) is 5. The highest BCUT2D eigenvalue weighted by Crippen LogP contribution is 2.30. The third kappa shape index (κ3) is 8.34. The minimum atomic E-state index is 0. The molecule has 0 saturated heterocycles. The SMILES string of the molecule is CCOC(CCNC(=NCc1nnc(C)n1C)NCCc1cccs1)C1CCCC1.I. The minimum absolute atomic E-state index is 0. The highest BCUT2D eigenvalue weighted by molar-refractivity contribution is 14.0. The lowest BCUT2D eigenvalue weighted by atomic mass is 9.98. The molecule has 0 spiro atoms. The second-order valence-corrected chi connectivity index (χ2v) is 8.93. The molecule has 0 radical (unpaired) electrons. The number of aryl methyl sites for hydroxylation is 1. The van der Waals surface area contributed by atoms with Gasteiger partial charge in [-0.15, -0.1) is 45.5 Å². The second-order valence-electron chi connectivity index (χ2n) is 7.90. The zero-order valence-corrected chi connectivity index (χ0v) is 22.1. The summed E-state index contributed by atoms with van der Waals surface area (Å²) in [4.78, 5) is 6.14. The summed E-state index contributed by atoms with van der Waals surface area (Å²) in [7, 11) is 1.98. The van der Waals surface area contributed by atoms with Crippen molar-refractivity contribution in [2.75, 3.05) is 19.7 Å². The molecule has 2 heterocycles. The Morgan fingerprint density at radius 3 is 2.71 bits per heavy atom. The Labute approximate surface area is 207 Å². The topological polar surface area (TPSA) is 76.4 Å². The molecular formula is C22H37IN6OS. The van der Waals surface area contributed by atoms with Gasteiger partial charge in [0.2, 0.25) is 0 Å². The number of hydrogen-bond donors (Lipinski definition) is 2. The molecular weight excluding hydrogens is 523 g/mol. The van der Waals surface area contributed by atoms with Crippen LogP contribution < -0.4 is 10.6 Å². The summed E-state index contributed by atoms with van der Waals surface area (Å²) < 4.78 is 8.05. The summed E-state index contributed by atoms with van der Waals surface area (Å²) in [5, 5.41) is 17.5. The first kappa shape index (κ1) is 26.1. The number of halogens is 1. The van der Waals surface area contributed by atoms with Crippen LogP contribution in [0.1, 0.15) is 55.6 Å². The van der Waals surface area contributed by atoms with Crippen molar-refractivity contribution in [1.29, 1.82) is 0 Å². The quantitative estimate of drug-likeness (QED) is 0.246. The van der Waals surface area contributed by atoms with Crippen LogP contribution in [-0.2, 0) is 24.8 Å². The highest BCUT2D eigenvalue weighted by Gasteiger charge is 2.25. The van der Waals surface area contributed by atoms with Crippen molar-refractivity contribution in [3.63, 3.8) is 0 Å². The number of thiophene rings is 1. The molecule has 1 aliphatic rings. The molecule has 0 amide bonds. The van der Waals surface area contributed by atoms with E-state index in [0.717, 1.165) is 50.1 Å². The van der Waals surface area contributed by atoms with Gasteiger partial charge in [0, 0.05) is 31.6 Å². The molecule has 1 aliphatic carbocycles. The van der Waals surface area contributed by atoms with E-state index in [0.29, 0.717) is 18.6 Å². The van der Waals surface area contributed by atoms with E-state index in [2.05, 4.69) is 45.3 Å². The standard InChI is InChI=1S/C22H36N6OS.HI/c1-4-29-20(18-8-5-6-9-18)12-14-24-22(23-13-11-19-10-7-15-30-19)25-16-21-27-26-17(2)28(21)3;/h7,10,15,18,20H,4-6,8-9,11-14,16H2,1-3H3,(H2,23,24,25);1H. The minimum Gasteiger partial charge on any atom is -0.378 e. The van der Waals surface area contributed by atoms with Crippen LogP contribution in [0.2, 0.25) is 0 Å². The predicted molar refractivity (Wildman–Crippen MR) is 138 cm³/mol. The largest absolute Gasteiger partial charge is 0.378 e. The number of rotatable bonds is 11. The van der Waals surface area contributed by atoms with E-state index in [-0.39, 0.29) is 24.0 Å². The Morgan fingerprint density at radius 1 is 1.29 bits per heavy atom. The Morgan fingerprint density at radius 2 is 2.06 bits per heavy atom. The van der Waals surface area contributed by atoms with Crippen molar-refractivity contribution >= 4 is 41.3 Å². The van der Waals surface area contributed by atoms with E-state index in [4.69, 9.17) is 9.73 Å². The third-order valence-electron chi connectivity index (χ3n) is 5.83. The maximum absolute atomic E-state index is 6.07. The number of nitrogens with one attached hydrogen (secondary N) is 2. The van der Waals surface area contributed by atoms with Crippen LogP contribution in [0.25, 0.3) is 0 Å². The van der Waals surface area contributed by atoms with E-state index in [1.165, 1.54) is 30.6 Å². The molecule has 1 unspecified atom stereocenters. The second kappa shape index (κ2) is 14.1. The fourth-order valence-corrected chi connectivity index (χ4v) is 4.71. The van der Waals surface area contributed by atoms with Gasteiger partial charge < -0.3 is 19.9 Å². The molecule has 31 heavy (non-hydrogen) atoms. The summed E-state index contributed by atoms with van der Waals surface area (Å²) in [6, 6.07) is 4.27. The van der Waals surface area contributed by atoms with Gasteiger partial charge in [-0.3, -0.25) is 0 Å². The molecule has 2 N–H and O–H groups in total. The van der Waals surface area contributed by atoms with E-state index in [1.54, 1.807) is 11.3 Å². The average molecular weight is 561 g/mol. The first-order valence-electron chi connectivity index (χ1n) is 11.2. The number of nitrogens with zero attached hydrogens (tertiary/aromatic N) is 4. The average Bonchev–Trinajstić information content (AvgIpc) is 3.50. The van der Waals surface area contributed by atoms with Crippen molar-refractivity contribution in [3.8, 4) is 0 Å². The molecule has 1 fully saturated rings. The molecule has 2 aromatic rings. The van der Waals surface area contributed by atoms with Gasteiger partial charge in [0.1, 0.15) is 12.4 Å². The van der Waals surface area contributed by atoms with E-state index >= 15 is 0 Å². The van der Waals surface area contributed by atoms with Gasteiger partial charge >= 0.3 is 0 Å². The fraction of sp³-hybridized carbons (Fsp3) is 0.682. The summed E-state index contributed by atoms with van der Waals surface area (Å²) in [6.07, 6.45) is 7.63. The van der Waals surface area contributed by atoms with Crippen molar-refractivity contribution < 1.29 is 4.74 Å². The normalized spacial score (nSPS) is 15.6. The molecule has 3 rings (SSSR count). The predicted octanol–water partition coefficient (Wildman–Crippen LogP) is 4.07.